The van der Waals surface area contributed by atoms with Gasteiger partial charge in [-0.2, -0.15) is 0 Å². The van der Waals surface area contributed by atoms with Crippen LogP contribution < -0.4 is 5.32 Å². The van der Waals surface area contributed by atoms with Crippen LogP contribution in [0.1, 0.15) is 49.3 Å². The first-order valence-electron chi connectivity index (χ1n) is 9.40. The Labute approximate surface area is 178 Å². The molecule has 1 N–H and O–H groups in total. The largest absolute Gasteiger partial charge is 0.317 e. The molecule has 6 heteroatoms. The molecule has 0 amide bonds. The Morgan fingerprint density at radius 3 is 2.19 bits per heavy atom. The van der Waals surface area contributed by atoms with E-state index in [0.717, 1.165) is 12.5 Å². The highest BCUT2D eigenvalue weighted by atomic mass is 35.5. The minimum atomic E-state index is 0. The van der Waals surface area contributed by atoms with Gasteiger partial charge in [-0.25, -0.2) is 0 Å². The van der Waals surface area contributed by atoms with Gasteiger partial charge in [-0.15, -0.1) is 37.2 Å². The number of halogens is 3. The molecule has 26 heavy (non-hydrogen) atoms. The van der Waals surface area contributed by atoms with Crippen LogP contribution >= 0.6 is 37.2 Å². The third kappa shape index (κ3) is 6.85. The minimum absolute atomic E-state index is 0. The maximum atomic E-state index is 3.50. The molecule has 3 rings (SSSR count). The zero-order chi connectivity index (χ0) is 16.2. The zero-order valence-electron chi connectivity index (χ0n) is 16.4. The van der Waals surface area contributed by atoms with Gasteiger partial charge in [-0.1, -0.05) is 23.8 Å². The maximum Gasteiger partial charge on any atom is 0.0237 e. The normalized spacial score (nSPS) is 19.4. The molecule has 0 radical (unpaired) electrons. The zero-order valence-corrected chi connectivity index (χ0v) is 18.8. The first-order chi connectivity index (χ1) is 11.1. The van der Waals surface area contributed by atoms with Crippen molar-refractivity contribution in [1.29, 1.82) is 0 Å². The second-order valence-electron chi connectivity index (χ2n) is 7.63. The molecule has 0 bridgehead atoms. The number of piperidine rings is 1. The molecular formula is C20H36Cl3N3. The van der Waals surface area contributed by atoms with Crippen molar-refractivity contribution >= 4 is 37.2 Å². The van der Waals surface area contributed by atoms with Crippen LogP contribution in [0.5, 0.6) is 0 Å². The standard InChI is InChI=1S/C20H33N3.3ClH/c1-16(2)23-12-10-22(11-13-23)15-19-5-4-17(3)14-20(19)18-6-8-21-9-7-18;;;/h4-5,14,16,18,21H,6-13,15H2,1-3H3;3*1H. The van der Waals surface area contributed by atoms with E-state index in [9.17, 15) is 0 Å². The predicted molar refractivity (Wildman–Crippen MR) is 120 cm³/mol. The van der Waals surface area contributed by atoms with E-state index in [4.69, 9.17) is 0 Å². The number of piperazine rings is 1. The van der Waals surface area contributed by atoms with Gasteiger partial charge in [0.15, 0.2) is 0 Å². The highest BCUT2D eigenvalue weighted by Crippen LogP contribution is 2.30. The molecule has 152 valence electrons. The highest BCUT2D eigenvalue weighted by Gasteiger charge is 2.22. The number of hydrogen-bond donors (Lipinski definition) is 1. The SMILES string of the molecule is Cc1ccc(CN2CCN(C(C)C)CC2)c(C2CCNCC2)c1.Cl.Cl.Cl. The Kier molecular flexibility index (Phi) is 12.4. The van der Waals surface area contributed by atoms with E-state index in [0.29, 0.717) is 6.04 Å². The van der Waals surface area contributed by atoms with Crippen LogP contribution in [0.4, 0.5) is 0 Å². The van der Waals surface area contributed by atoms with Crippen LogP contribution in [0.15, 0.2) is 18.2 Å². The lowest BCUT2D eigenvalue weighted by atomic mass is 9.86. The molecule has 0 aromatic heterocycles. The monoisotopic (exact) mass is 423 g/mol. The van der Waals surface area contributed by atoms with Crippen molar-refractivity contribution < 1.29 is 0 Å². The number of rotatable bonds is 4. The summed E-state index contributed by atoms with van der Waals surface area (Å²) in [6.07, 6.45) is 2.58. The lowest BCUT2D eigenvalue weighted by Gasteiger charge is -2.37. The maximum absolute atomic E-state index is 3.50. The lowest BCUT2D eigenvalue weighted by Crippen LogP contribution is -2.48. The summed E-state index contributed by atoms with van der Waals surface area (Å²) in [6, 6.07) is 7.82. The fraction of sp³-hybridized carbons (Fsp3) is 0.700. The number of nitrogens with one attached hydrogen (secondary N) is 1. The smallest absolute Gasteiger partial charge is 0.0237 e. The van der Waals surface area contributed by atoms with Crippen molar-refractivity contribution in [1.82, 2.24) is 15.1 Å². The summed E-state index contributed by atoms with van der Waals surface area (Å²) in [7, 11) is 0. The van der Waals surface area contributed by atoms with Gasteiger partial charge in [0.1, 0.15) is 0 Å². The molecule has 0 aliphatic carbocycles. The number of benzene rings is 1. The third-order valence-corrected chi connectivity index (χ3v) is 5.61. The molecule has 0 spiro atoms. The lowest BCUT2D eigenvalue weighted by molar-refractivity contribution is 0.104. The van der Waals surface area contributed by atoms with Crippen molar-refractivity contribution in [2.75, 3.05) is 39.3 Å². The van der Waals surface area contributed by atoms with Gasteiger partial charge < -0.3 is 5.32 Å². The Balaban J connectivity index is 0.00000208. The Bertz CT molecular complexity index is 511. The van der Waals surface area contributed by atoms with Gasteiger partial charge >= 0.3 is 0 Å². The van der Waals surface area contributed by atoms with E-state index >= 15 is 0 Å². The van der Waals surface area contributed by atoms with Crippen LogP contribution in [-0.2, 0) is 6.54 Å². The number of aryl methyl sites for hydroxylation is 1. The minimum Gasteiger partial charge on any atom is -0.317 e. The second kappa shape index (κ2) is 12.4. The Morgan fingerprint density at radius 2 is 1.62 bits per heavy atom. The molecule has 2 heterocycles. The molecule has 0 unspecified atom stereocenters. The van der Waals surface area contributed by atoms with Crippen molar-refractivity contribution in [3.8, 4) is 0 Å². The van der Waals surface area contributed by atoms with E-state index in [-0.39, 0.29) is 37.2 Å². The molecule has 0 atom stereocenters. The van der Waals surface area contributed by atoms with Crippen molar-refractivity contribution in [2.24, 2.45) is 0 Å². The third-order valence-electron chi connectivity index (χ3n) is 5.61. The van der Waals surface area contributed by atoms with E-state index < -0.39 is 0 Å². The number of hydrogen-bond acceptors (Lipinski definition) is 3. The molecular weight excluding hydrogens is 389 g/mol. The van der Waals surface area contributed by atoms with Crippen molar-refractivity contribution in [3.63, 3.8) is 0 Å². The summed E-state index contributed by atoms with van der Waals surface area (Å²) in [6.45, 7) is 15.2. The fourth-order valence-electron chi connectivity index (χ4n) is 4.05. The summed E-state index contributed by atoms with van der Waals surface area (Å²) in [5.74, 6) is 0.753. The Hall–Kier alpha value is -0.0300. The summed E-state index contributed by atoms with van der Waals surface area (Å²) in [5, 5.41) is 3.50. The average molecular weight is 425 g/mol. The van der Waals surface area contributed by atoms with Crippen molar-refractivity contribution in [3.05, 3.63) is 34.9 Å². The van der Waals surface area contributed by atoms with Gasteiger partial charge in [-0.3, -0.25) is 9.80 Å². The molecule has 3 nitrogen and oxygen atoms in total. The summed E-state index contributed by atoms with van der Waals surface area (Å²) >= 11 is 0. The highest BCUT2D eigenvalue weighted by molar-refractivity contribution is 5.86. The van der Waals surface area contributed by atoms with Crippen LogP contribution in [0.25, 0.3) is 0 Å². The quantitative estimate of drug-likeness (QED) is 0.779. The summed E-state index contributed by atoms with van der Waals surface area (Å²) in [4.78, 5) is 5.24. The van der Waals surface area contributed by atoms with E-state index in [2.05, 4.69) is 54.1 Å². The second-order valence-corrected chi connectivity index (χ2v) is 7.63. The molecule has 2 aliphatic heterocycles. The topological polar surface area (TPSA) is 18.5 Å². The van der Waals surface area contributed by atoms with Gasteiger partial charge in [0, 0.05) is 38.8 Å². The molecule has 2 fully saturated rings. The molecule has 0 saturated carbocycles. The number of nitrogens with zero attached hydrogens (tertiary/aromatic N) is 2. The van der Waals surface area contributed by atoms with Gasteiger partial charge in [0.05, 0.1) is 0 Å². The van der Waals surface area contributed by atoms with Crippen LogP contribution in [-0.4, -0.2) is 55.1 Å². The molecule has 1 aromatic rings. The van der Waals surface area contributed by atoms with E-state index in [1.165, 1.54) is 57.7 Å². The van der Waals surface area contributed by atoms with Crippen LogP contribution in [0.3, 0.4) is 0 Å². The first kappa shape index (κ1) is 26.0. The first-order valence-corrected chi connectivity index (χ1v) is 9.40. The Morgan fingerprint density at radius 1 is 1.00 bits per heavy atom. The summed E-state index contributed by atoms with van der Waals surface area (Å²) < 4.78 is 0. The average Bonchev–Trinajstić information content (AvgIpc) is 2.58. The van der Waals surface area contributed by atoms with Gasteiger partial charge in [0.2, 0.25) is 0 Å². The fourth-order valence-corrected chi connectivity index (χ4v) is 4.05. The van der Waals surface area contributed by atoms with E-state index in [1.807, 2.05) is 0 Å². The van der Waals surface area contributed by atoms with E-state index in [1.54, 1.807) is 11.1 Å². The summed E-state index contributed by atoms with van der Waals surface area (Å²) in [5.41, 5.74) is 4.60. The predicted octanol–water partition coefficient (Wildman–Crippen LogP) is 4.25. The van der Waals surface area contributed by atoms with Crippen LogP contribution in [0, 0.1) is 6.92 Å². The van der Waals surface area contributed by atoms with Gasteiger partial charge in [-0.05, 0) is 63.7 Å². The van der Waals surface area contributed by atoms with Crippen LogP contribution in [0.2, 0.25) is 0 Å². The molecule has 2 aliphatic rings. The van der Waals surface area contributed by atoms with Gasteiger partial charge in [0.25, 0.3) is 0 Å². The van der Waals surface area contributed by atoms with Crippen molar-refractivity contribution in [2.45, 2.75) is 52.1 Å². The molecule has 1 aromatic carbocycles. The molecule has 2 saturated heterocycles.